The molecule has 0 fully saturated rings. The van der Waals surface area contributed by atoms with E-state index in [2.05, 4.69) is 37.2 Å². The van der Waals surface area contributed by atoms with Gasteiger partial charge in [-0.05, 0) is 41.0 Å². The topological polar surface area (TPSA) is 29.1 Å². The summed E-state index contributed by atoms with van der Waals surface area (Å²) >= 11 is 13.3. The second-order valence-corrected chi connectivity index (χ2v) is 6.96. The van der Waals surface area contributed by atoms with Crippen molar-refractivity contribution in [3.8, 4) is 0 Å². The van der Waals surface area contributed by atoms with Crippen LogP contribution in [0.2, 0.25) is 5.02 Å². The van der Waals surface area contributed by atoms with Crippen molar-refractivity contribution in [3.63, 3.8) is 0 Å². The molecule has 1 heterocycles. The third kappa shape index (κ3) is 2.87. The smallest absolute Gasteiger partial charge is 0.228 e. The van der Waals surface area contributed by atoms with Crippen molar-refractivity contribution in [1.82, 2.24) is 0 Å². The number of nitrogens with one attached hydrogen (secondary N) is 1. The van der Waals surface area contributed by atoms with E-state index in [0.717, 1.165) is 26.9 Å². The molecule has 1 amide bonds. The molecular formula is C15H9Br2ClFNO. The lowest BCUT2D eigenvalue weighted by Crippen LogP contribution is -2.03. The van der Waals surface area contributed by atoms with Gasteiger partial charge in [-0.1, -0.05) is 49.5 Å². The Bertz CT molecular complexity index is 751. The van der Waals surface area contributed by atoms with Gasteiger partial charge < -0.3 is 5.32 Å². The molecule has 3 rings (SSSR count). The third-order valence-electron chi connectivity index (χ3n) is 3.35. The van der Waals surface area contributed by atoms with Crippen LogP contribution in [0.15, 0.2) is 34.8 Å². The van der Waals surface area contributed by atoms with Crippen LogP contribution in [-0.4, -0.2) is 5.91 Å². The van der Waals surface area contributed by atoms with Crippen molar-refractivity contribution >= 4 is 55.1 Å². The maximum absolute atomic E-state index is 13.5. The predicted molar refractivity (Wildman–Crippen MR) is 88.7 cm³/mol. The first kappa shape index (κ1) is 15.0. The number of benzene rings is 2. The summed E-state index contributed by atoms with van der Waals surface area (Å²) in [6.07, 6.45) is 0.337. The van der Waals surface area contributed by atoms with Gasteiger partial charge >= 0.3 is 0 Å². The van der Waals surface area contributed by atoms with E-state index in [4.69, 9.17) is 11.6 Å². The van der Waals surface area contributed by atoms with Crippen molar-refractivity contribution in [2.45, 2.75) is 11.2 Å². The third-order valence-corrected chi connectivity index (χ3v) is 5.39. The van der Waals surface area contributed by atoms with Gasteiger partial charge in [-0.25, -0.2) is 4.39 Å². The van der Waals surface area contributed by atoms with Crippen molar-refractivity contribution in [2.75, 3.05) is 5.32 Å². The summed E-state index contributed by atoms with van der Waals surface area (Å²) in [5.41, 5.74) is 3.19. The molecule has 0 saturated heterocycles. The highest BCUT2D eigenvalue weighted by Crippen LogP contribution is 2.41. The first-order valence-electron chi connectivity index (χ1n) is 6.17. The SMILES string of the molecule is O=C1Cc2cc(C(Br)c3cc(F)ccc3Br)c(Cl)cc2N1. The molecule has 6 heteroatoms. The van der Waals surface area contributed by atoms with Gasteiger partial charge in [0.05, 0.1) is 11.2 Å². The van der Waals surface area contributed by atoms with Gasteiger partial charge in [0.15, 0.2) is 0 Å². The minimum Gasteiger partial charge on any atom is -0.325 e. The summed E-state index contributed by atoms with van der Waals surface area (Å²) in [4.78, 5) is 11.2. The first-order valence-corrected chi connectivity index (χ1v) is 8.25. The Balaban J connectivity index is 2.06. The Morgan fingerprint density at radius 3 is 2.76 bits per heavy atom. The van der Waals surface area contributed by atoms with Gasteiger partial charge in [0, 0.05) is 15.2 Å². The van der Waals surface area contributed by atoms with E-state index in [9.17, 15) is 9.18 Å². The second-order valence-electron chi connectivity index (χ2n) is 4.78. The van der Waals surface area contributed by atoms with Gasteiger partial charge in [0.1, 0.15) is 5.82 Å². The molecule has 2 aromatic rings. The van der Waals surface area contributed by atoms with E-state index < -0.39 is 0 Å². The Hall–Kier alpha value is -0.910. The maximum Gasteiger partial charge on any atom is 0.228 e. The normalized spacial score (nSPS) is 14.8. The summed E-state index contributed by atoms with van der Waals surface area (Å²) in [6, 6.07) is 8.12. The highest BCUT2D eigenvalue weighted by Gasteiger charge is 2.23. The van der Waals surface area contributed by atoms with E-state index >= 15 is 0 Å². The molecule has 1 aliphatic heterocycles. The van der Waals surface area contributed by atoms with Crippen LogP contribution in [0, 0.1) is 5.82 Å². The monoisotopic (exact) mass is 431 g/mol. The fourth-order valence-electron chi connectivity index (χ4n) is 2.34. The summed E-state index contributed by atoms with van der Waals surface area (Å²) < 4.78 is 14.3. The number of alkyl halides is 1. The van der Waals surface area contributed by atoms with Gasteiger partial charge in [-0.2, -0.15) is 0 Å². The zero-order valence-corrected chi connectivity index (χ0v) is 14.5. The van der Waals surface area contributed by atoms with E-state index in [0.29, 0.717) is 11.4 Å². The van der Waals surface area contributed by atoms with Gasteiger partial charge in [-0.15, -0.1) is 0 Å². The molecule has 0 saturated carbocycles. The van der Waals surface area contributed by atoms with Gasteiger partial charge in [0.2, 0.25) is 5.91 Å². The molecule has 2 nitrogen and oxygen atoms in total. The number of hydrogen-bond acceptors (Lipinski definition) is 1. The minimum absolute atomic E-state index is 0.0451. The van der Waals surface area contributed by atoms with Crippen molar-refractivity contribution in [3.05, 3.63) is 62.3 Å². The number of carbonyl (C=O) groups is 1. The molecule has 108 valence electrons. The standard InChI is InChI=1S/C15H9Br2ClFNO/c16-11-2-1-8(19)5-9(11)15(17)10-3-7-4-14(21)20-13(7)6-12(10)18/h1-3,5-6,15H,4H2,(H,20,21). The average molecular weight is 434 g/mol. The Kier molecular flexibility index (Phi) is 4.08. The Labute approximate surface area is 142 Å². The van der Waals surface area contributed by atoms with Crippen LogP contribution in [0.4, 0.5) is 10.1 Å². The molecule has 0 bridgehead atoms. The molecule has 0 spiro atoms. The van der Waals surface area contributed by atoms with Crippen LogP contribution in [-0.2, 0) is 11.2 Å². The zero-order chi connectivity index (χ0) is 15.1. The molecule has 0 radical (unpaired) electrons. The molecule has 1 N–H and O–H groups in total. The Morgan fingerprint density at radius 1 is 1.24 bits per heavy atom. The minimum atomic E-state index is -0.313. The number of fused-ring (bicyclic) bond motifs is 1. The van der Waals surface area contributed by atoms with Crippen LogP contribution in [0.5, 0.6) is 0 Å². The number of rotatable bonds is 2. The van der Waals surface area contributed by atoms with Crippen LogP contribution in [0.25, 0.3) is 0 Å². The summed E-state index contributed by atoms with van der Waals surface area (Å²) in [5.74, 6) is -0.358. The molecule has 1 unspecified atom stereocenters. The average Bonchev–Trinajstić information content (AvgIpc) is 2.79. The Morgan fingerprint density at radius 2 is 2.00 bits per heavy atom. The van der Waals surface area contributed by atoms with Gasteiger partial charge in [-0.3, -0.25) is 4.79 Å². The lowest BCUT2D eigenvalue weighted by Gasteiger charge is -2.16. The second kappa shape index (κ2) is 5.71. The number of hydrogen-bond donors (Lipinski definition) is 1. The van der Waals surface area contributed by atoms with Crippen LogP contribution >= 0.6 is 43.5 Å². The molecule has 1 atom stereocenters. The van der Waals surface area contributed by atoms with Crippen molar-refractivity contribution in [1.29, 1.82) is 0 Å². The lowest BCUT2D eigenvalue weighted by atomic mass is 10.0. The van der Waals surface area contributed by atoms with Gasteiger partial charge in [0.25, 0.3) is 0 Å². The highest BCUT2D eigenvalue weighted by atomic mass is 79.9. The molecule has 0 aromatic heterocycles. The van der Waals surface area contributed by atoms with E-state index in [1.807, 2.05) is 6.07 Å². The fraction of sp³-hybridized carbons (Fsp3) is 0.133. The molecular weight excluding hydrogens is 424 g/mol. The van der Waals surface area contributed by atoms with E-state index in [1.165, 1.54) is 12.1 Å². The first-order chi connectivity index (χ1) is 9.95. The summed E-state index contributed by atoms with van der Waals surface area (Å²) in [7, 11) is 0. The zero-order valence-electron chi connectivity index (χ0n) is 10.6. The van der Waals surface area contributed by atoms with Crippen molar-refractivity contribution < 1.29 is 9.18 Å². The molecule has 1 aliphatic rings. The van der Waals surface area contributed by atoms with Crippen LogP contribution in [0.3, 0.4) is 0 Å². The summed E-state index contributed by atoms with van der Waals surface area (Å²) in [5, 5.41) is 3.28. The largest absolute Gasteiger partial charge is 0.325 e. The molecule has 21 heavy (non-hydrogen) atoms. The molecule has 0 aliphatic carbocycles. The molecule has 2 aromatic carbocycles. The van der Waals surface area contributed by atoms with E-state index in [1.54, 1.807) is 12.1 Å². The number of anilines is 1. The van der Waals surface area contributed by atoms with E-state index in [-0.39, 0.29) is 16.6 Å². The maximum atomic E-state index is 13.5. The quantitative estimate of drug-likeness (QED) is 0.647. The van der Waals surface area contributed by atoms with Crippen LogP contribution in [0.1, 0.15) is 21.5 Å². The summed E-state index contributed by atoms with van der Waals surface area (Å²) in [6.45, 7) is 0. The number of carbonyl (C=O) groups excluding carboxylic acids is 1. The highest BCUT2D eigenvalue weighted by molar-refractivity contribution is 9.11. The predicted octanol–water partition coefficient (Wildman–Crippen LogP) is 5.22. The lowest BCUT2D eigenvalue weighted by molar-refractivity contribution is -0.115. The van der Waals surface area contributed by atoms with Crippen molar-refractivity contribution in [2.24, 2.45) is 0 Å². The number of amides is 1. The van der Waals surface area contributed by atoms with Crippen LogP contribution < -0.4 is 5.32 Å². The fourth-order valence-corrected chi connectivity index (χ4v) is 4.28. The number of halogens is 4.